The molecule has 102 valence electrons. The maximum atomic E-state index is 5.89. The van der Waals surface area contributed by atoms with E-state index in [2.05, 4.69) is 25.3 Å². The van der Waals surface area contributed by atoms with Crippen LogP contribution in [0, 0.1) is 5.92 Å². The topological polar surface area (TPSA) is 66.5 Å². The maximum absolute atomic E-state index is 5.89. The third-order valence-electron chi connectivity index (χ3n) is 3.83. The van der Waals surface area contributed by atoms with Crippen molar-refractivity contribution in [1.82, 2.24) is 19.9 Å². The summed E-state index contributed by atoms with van der Waals surface area (Å²) in [5, 5.41) is 3.59. The summed E-state index contributed by atoms with van der Waals surface area (Å²) in [4.78, 5) is 15.4. The summed E-state index contributed by atoms with van der Waals surface area (Å²) in [5.41, 5.74) is 1.44. The van der Waals surface area contributed by atoms with E-state index in [9.17, 15) is 0 Å². The fourth-order valence-corrected chi connectivity index (χ4v) is 2.97. The number of aromatic amines is 1. The first kappa shape index (κ1) is 12.7. The Kier molecular flexibility index (Phi) is 3.82. The predicted octanol–water partition coefficient (Wildman–Crippen LogP) is 3.39. The number of imidazole rings is 1. The molecule has 2 aromatic rings. The highest BCUT2D eigenvalue weighted by molar-refractivity contribution is 6.28. The van der Waals surface area contributed by atoms with Gasteiger partial charge in [0.2, 0.25) is 5.28 Å². The van der Waals surface area contributed by atoms with E-state index in [1.807, 2.05) is 0 Å². The molecule has 0 saturated heterocycles. The summed E-state index contributed by atoms with van der Waals surface area (Å²) in [6.45, 7) is 0.923. The van der Waals surface area contributed by atoms with Crippen LogP contribution in [0.2, 0.25) is 5.28 Å². The average Bonchev–Trinajstić information content (AvgIpc) is 2.88. The molecule has 0 bridgehead atoms. The molecule has 5 nitrogen and oxygen atoms in total. The molecule has 1 saturated carbocycles. The molecule has 0 amide bonds. The van der Waals surface area contributed by atoms with Gasteiger partial charge in [0.25, 0.3) is 0 Å². The molecule has 2 N–H and O–H groups in total. The van der Waals surface area contributed by atoms with E-state index in [1.165, 1.54) is 38.5 Å². The average molecular weight is 280 g/mol. The lowest BCUT2D eigenvalue weighted by Gasteiger charge is -2.21. The highest BCUT2D eigenvalue weighted by Gasteiger charge is 2.14. The molecule has 2 heterocycles. The van der Waals surface area contributed by atoms with Crippen LogP contribution < -0.4 is 5.32 Å². The van der Waals surface area contributed by atoms with Crippen LogP contribution in [0.1, 0.15) is 38.5 Å². The van der Waals surface area contributed by atoms with Crippen LogP contribution in [0.3, 0.4) is 0 Å². The number of hydrogen-bond donors (Lipinski definition) is 2. The van der Waals surface area contributed by atoms with Crippen LogP contribution in [-0.4, -0.2) is 26.5 Å². The molecule has 1 fully saturated rings. The van der Waals surface area contributed by atoms with Crippen molar-refractivity contribution in [2.75, 3.05) is 11.9 Å². The molecule has 2 aromatic heterocycles. The van der Waals surface area contributed by atoms with E-state index in [4.69, 9.17) is 11.6 Å². The molecule has 0 unspecified atom stereocenters. The van der Waals surface area contributed by atoms with Crippen molar-refractivity contribution in [3.63, 3.8) is 0 Å². The van der Waals surface area contributed by atoms with Gasteiger partial charge in [0.05, 0.1) is 6.33 Å². The number of hydrogen-bond acceptors (Lipinski definition) is 4. The minimum atomic E-state index is 0.236. The lowest BCUT2D eigenvalue weighted by molar-refractivity contribution is 0.345. The molecule has 0 atom stereocenters. The Morgan fingerprint density at radius 1 is 1.26 bits per heavy atom. The van der Waals surface area contributed by atoms with Gasteiger partial charge in [0.15, 0.2) is 11.5 Å². The second kappa shape index (κ2) is 5.74. The third kappa shape index (κ3) is 2.97. The van der Waals surface area contributed by atoms with Gasteiger partial charge in [-0.2, -0.15) is 9.97 Å². The SMILES string of the molecule is Clc1nc(NCCC2CCCCC2)c2[nH]cnc2n1. The number of fused-ring (bicyclic) bond motifs is 1. The summed E-state index contributed by atoms with van der Waals surface area (Å²) in [6, 6.07) is 0. The van der Waals surface area contributed by atoms with Crippen LogP contribution in [0.4, 0.5) is 5.82 Å². The normalized spacial score (nSPS) is 16.9. The zero-order valence-electron chi connectivity index (χ0n) is 10.8. The molecule has 1 aliphatic carbocycles. The van der Waals surface area contributed by atoms with E-state index in [0.717, 1.165) is 23.8 Å². The lowest BCUT2D eigenvalue weighted by Crippen LogP contribution is -2.13. The monoisotopic (exact) mass is 279 g/mol. The van der Waals surface area contributed by atoms with Crippen molar-refractivity contribution >= 4 is 28.6 Å². The lowest BCUT2D eigenvalue weighted by atomic mass is 9.87. The summed E-state index contributed by atoms with van der Waals surface area (Å²) < 4.78 is 0. The van der Waals surface area contributed by atoms with Crippen molar-refractivity contribution in [1.29, 1.82) is 0 Å². The number of nitrogens with zero attached hydrogens (tertiary/aromatic N) is 3. The third-order valence-corrected chi connectivity index (χ3v) is 4.00. The van der Waals surface area contributed by atoms with Crippen LogP contribution >= 0.6 is 11.6 Å². The summed E-state index contributed by atoms with van der Waals surface area (Å²) in [6.07, 6.45) is 9.71. The van der Waals surface area contributed by atoms with Gasteiger partial charge in [-0.25, -0.2) is 4.98 Å². The first-order chi connectivity index (χ1) is 9.33. The summed E-state index contributed by atoms with van der Waals surface area (Å²) >= 11 is 5.89. The van der Waals surface area contributed by atoms with E-state index < -0.39 is 0 Å². The second-order valence-corrected chi connectivity index (χ2v) is 5.50. The summed E-state index contributed by atoms with van der Waals surface area (Å²) in [7, 11) is 0. The van der Waals surface area contributed by atoms with Crippen molar-refractivity contribution in [2.24, 2.45) is 5.92 Å². The number of rotatable bonds is 4. The van der Waals surface area contributed by atoms with Gasteiger partial charge < -0.3 is 10.3 Å². The molecule has 19 heavy (non-hydrogen) atoms. The van der Waals surface area contributed by atoms with Gasteiger partial charge in [-0.1, -0.05) is 32.1 Å². The number of H-pyrrole nitrogens is 1. The van der Waals surface area contributed by atoms with Crippen molar-refractivity contribution in [3.8, 4) is 0 Å². The van der Waals surface area contributed by atoms with Gasteiger partial charge >= 0.3 is 0 Å². The molecule has 0 aromatic carbocycles. The fourth-order valence-electron chi connectivity index (χ4n) is 2.81. The van der Waals surface area contributed by atoms with Crippen LogP contribution in [0.25, 0.3) is 11.2 Å². The molecule has 0 radical (unpaired) electrons. The van der Waals surface area contributed by atoms with Gasteiger partial charge in [0, 0.05) is 6.54 Å². The number of nitrogens with one attached hydrogen (secondary N) is 2. The predicted molar refractivity (Wildman–Crippen MR) is 76.4 cm³/mol. The van der Waals surface area contributed by atoms with Gasteiger partial charge in [-0.15, -0.1) is 0 Å². The zero-order valence-corrected chi connectivity index (χ0v) is 11.6. The first-order valence-corrected chi connectivity index (χ1v) is 7.31. The van der Waals surface area contributed by atoms with Crippen molar-refractivity contribution in [2.45, 2.75) is 38.5 Å². The van der Waals surface area contributed by atoms with Crippen molar-refractivity contribution in [3.05, 3.63) is 11.6 Å². The fraction of sp³-hybridized carbons (Fsp3) is 0.615. The second-order valence-electron chi connectivity index (χ2n) is 5.16. The smallest absolute Gasteiger partial charge is 0.226 e. The zero-order chi connectivity index (χ0) is 13.1. The van der Waals surface area contributed by atoms with E-state index in [0.29, 0.717) is 5.65 Å². The van der Waals surface area contributed by atoms with Crippen LogP contribution in [0.15, 0.2) is 6.33 Å². The number of aromatic nitrogens is 4. The Morgan fingerprint density at radius 3 is 2.95 bits per heavy atom. The first-order valence-electron chi connectivity index (χ1n) is 6.93. The number of halogens is 1. The molecular formula is C13H18ClN5. The minimum Gasteiger partial charge on any atom is -0.368 e. The van der Waals surface area contributed by atoms with Gasteiger partial charge in [-0.3, -0.25) is 0 Å². The van der Waals surface area contributed by atoms with E-state index in [1.54, 1.807) is 6.33 Å². The number of anilines is 1. The molecule has 6 heteroatoms. The molecule has 1 aliphatic rings. The Labute approximate surface area is 117 Å². The molecule has 0 spiro atoms. The standard InChI is InChI=1S/C13H18ClN5/c14-13-18-11(10-12(19-13)17-8-16-10)15-7-6-9-4-2-1-3-5-9/h8-9H,1-7H2,(H2,15,16,17,18,19). The van der Waals surface area contributed by atoms with Crippen molar-refractivity contribution < 1.29 is 0 Å². The van der Waals surface area contributed by atoms with E-state index in [-0.39, 0.29) is 5.28 Å². The highest BCUT2D eigenvalue weighted by atomic mass is 35.5. The Balaban J connectivity index is 1.63. The largest absolute Gasteiger partial charge is 0.368 e. The maximum Gasteiger partial charge on any atom is 0.226 e. The highest BCUT2D eigenvalue weighted by Crippen LogP contribution is 2.26. The van der Waals surface area contributed by atoms with E-state index >= 15 is 0 Å². The molecule has 0 aliphatic heterocycles. The van der Waals surface area contributed by atoms with Crippen LogP contribution in [0.5, 0.6) is 0 Å². The Bertz CT molecular complexity index is 547. The Morgan fingerprint density at radius 2 is 2.11 bits per heavy atom. The summed E-state index contributed by atoms with van der Waals surface area (Å²) in [5.74, 6) is 1.61. The quantitative estimate of drug-likeness (QED) is 0.842. The minimum absolute atomic E-state index is 0.236. The van der Waals surface area contributed by atoms with Gasteiger partial charge in [-0.05, 0) is 23.9 Å². The molecule has 3 rings (SSSR count). The van der Waals surface area contributed by atoms with Gasteiger partial charge in [0.1, 0.15) is 5.52 Å². The Hall–Kier alpha value is -1.36. The van der Waals surface area contributed by atoms with Crippen LogP contribution in [-0.2, 0) is 0 Å². The molecular weight excluding hydrogens is 262 g/mol.